The van der Waals surface area contributed by atoms with Crippen LogP contribution in [0.4, 0.5) is 10.6 Å². The number of hydrogen-bond donors (Lipinski definition) is 1. The normalized spacial score (nSPS) is 20.9. The van der Waals surface area contributed by atoms with Crippen molar-refractivity contribution in [3.05, 3.63) is 46.7 Å². The highest BCUT2D eigenvalue weighted by Crippen LogP contribution is 2.28. The zero-order chi connectivity index (χ0) is 21.8. The lowest BCUT2D eigenvalue weighted by Crippen LogP contribution is -2.42. The van der Waals surface area contributed by atoms with Crippen molar-refractivity contribution in [1.29, 1.82) is 0 Å². The third-order valence-electron chi connectivity index (χ3n) is 6.64. The minimum Gasteiger partial charge on any atom is -0.493 e. The van der Waals surface area contributed by atoms with Gasteiger partial charge in [-0.15, -0.1) is 0 Å². The second-order valence-corrected chi connectivity index (χ2v) is 8.99. The minimum atomic E-state index is -0.121. The lowest BCUT2D eigenvalue weighted by atomic mass is 9.91. The van der Waals surface area contributed by atoms with Crippen molar-refractivity contribution >= 4 is 17.9 Å². The molecule has 2 aromatic rings. The van der Waals surface area contributed by atoms with E-state index in [1.54, 1.807) is 0 Å². The van der Waals surface area contributed by atoms with Gasteiger partial charge >= 0.3 is 6.03 Å². The summed E-state index contributed by atoms with van der Waals surface area (Å²) in [7, 11) is 0. The quantitative estimate of drug-likeness (QED) is 0.658. The van der Waals surface area contributed by atoms with Crippen molar-refractivity contribution in [2.75, 3.05) is 25.0 Å². The zero-order valence-electron chi connectivity index (χ0n) is 18.8. The Bertz CT molecular complexity index is 943. The van der Waals surface area contributed by atoms with Gasteiger partial charge in [-0.2, -0.15) is 0 Å². The van der Waals surface area contributed by atoms with E-state index in [-0.39, 0.29) is 6.03 Å². The van der Waals surface area contributed by atoms with E-state index in [0.29, 0.717) is 30.7 Å². The van der Waals surface area contributed by atoms with Gasteiger partial charge in [-0.05, 0) is 62.6 Å². The lowest BCUT2D eigenvalue weighted by Gasteiger charge is -2.33. The summed E-state index contributed by atoms with van der Waals surface area (Å²) in [5, 5.41) is 6.81. The molecule has 0 bridgehead atoms. The number of benzene rings is 1. The number of urea groups is 1. The number of aromatic nitrogens is 1. The molecule has 1 atom stereocenters. The molecule has 4 rings (SSSR count). The molecular weight excluding hydrogens is 390 g/mol. The van der Waals surface area contributed by atoms with Crippen LogP contribution in [0, 0.1) is 25.7 Å². The number of anilines is 1. The second kappa shape index (κ2) is 9.58. The monoisotopic (exact) mass is 423 g/mol. The second-order valence-electron chi connectivity index (χ2n) is 8.99. The van der Waals surface area contributed by atoms with E-state index >= 15 is 0 Å². The van der Waals surface area contributed by atoms with Gasteiger partial charge < -0.3 is 14.2 Å². The fourth-order valence-corrected chi connectivity index (χ4v) is 4.46. The fraction of sp³-hybridized carbons (Fsp3) is 0.520. The molecule has 2 aliphatic rings. The molecule has 6 heteroatoms. The van der Waals surface area contributed by atoms with Gasteiger partial charge in [0, 0.05) is 18.7 Å². The Labute approximate surface area is 184 Å². The van der Waals surface area contributed by atoms with Gasteiger partial charge in [0.15, 0.2) is 5.82 Å². The number of nitrogens with zero attached hydrogens (tertiary/aromatic N) is 2. The highest BCUT2D eigenvalue weighted by Gasteiger charge is 2.25. The predicted octanol–water partition coefficient (Wildman–Crippen LogP) is 5.82. The van der Waals surface area contributed by atoms with Crippen molar-refractivity contribution in [1.82, 2.24) is 10.1 Å². The maximum Gasteiger partial charge on any atom is 0.323 e. The molecule has 1 saturated heterocycles. The first-order valence-electron chi connectivity index (χ1n) is 11.4. The van der Waals surface area contributed by atoms with Crippen molar-refractivity contribution < 1.29 is 14.1 Å². The van der Waals surface area contributed by atoms with Crippen molar-refractivity contribution in [3.63, 3.8) is 0 Å². The number of carbonyl (C=O) groups excluding carboxylic acids is 1. The van der Waals surface area contributed by atoms with E-state index < -0.39 is 0 Å². The standard InChI is InChI=1S/C25H33N3O3/c1-17-15-28(25(29)26-24-18(2)19(3)31-27-24)12-11-22(17)13-21-9-6-10-23(14-21)30-16-20-7-4-5-8-20/h6,9-10,13-14,17,20H,4-5,7-8,11-12,15-16H2,1-3H3,(H,26,27,29). The van der Waals surface area contributed by atoms with Gasteiger partial charge in [0.25, 0.3) is 0 Å². The Morgan fingerprint density at radius 2 is 2.13 bits per heavy atom. The van der Waals surface area contributed by atoms with E-state index in [2.05, 4.69) is 41.7 Å². The summed E-state index contributed by atoms with van der Waals surface area (Å²) >= 11 is 0. The van der Waals surface area contributed by atoms with Crippen LogP contribution in [0.15, 0.2) is 34.4 Å². The van der Waals surface area contributed by atoms with E-state index in [1.807, 2.05) is 24.8 Å². The largest absolute Gasteiger partial charge is 0.493 e. The fourth-order valence-electron chi connectivity index (χ4n) is 4.46. The summed E-state index contributed by atoms with van der Waals surface area (Å²) in [5.41, 5.74) is 3.40. The third-order valence-corrected chi connectivity index (χ3v) is 6.64. The number of ether oxygens (including phenoxy) is 1. The number of rotatable bonds is 5. The van der Waals surface area contributed by atoms with Crippen LogP contribution in [-0.4, -0.2) is 35.8 Å². The average molecular weight is 424 g/mol. The van der Waals surface area contributed by atoms with E-state index in [1.165, 1.54) is 31.3 Å². The Balaban J connectivity index is 1.34. The maximum absolute atomic E-state index is 12.7. The van der Waals surface area contributed by atoms with Crippen molar-refractivity contribution in [2.45, 2.75) is 52.9 Å². The number of amides is 2. The number of nitrogens with one attached hydrogen (secondary N) is 1. The molecule has 1 aliphatic carbocycles. The SMILES string of the molecule is Cc1onc(NC(=O)N2CCC(=Cc3cccc(OCC4CCCC4)c3)C(C)C2)c1C. The molecule has 1 N–H and O–H groups in total. The average Bonchev–Trinajstić information content (AvgIpc) is 3.40. The molecule has 166 valence electrons. The van der Waals surface area contributed by atoms with Crippen LogP contribution in [0.1, 0.15) is 55.9 Å². The topological polar surface area (TPSA) is 67.6 Å². The van der Waals surface area contributed by atoms with Crippen molar-refractivity contribution in [2.24, 2.45) is 11.8 Å². The van der Waals surface area contributed by atoms with Gasteiger partial charge in [0.05, 0.1) is 6.61 Å². The van der Waals surface area contributed by atoms with Crippen LogP contribution in [0.2, 0.25) is 0 Å². The zero-order valence-corrected chi connectivity index (χ0v) is 18.8. The molecule has 1 unspecified atom stereocenters. The first-order valence-corrected chi connectivity index (χ1v) is 11.4. The predicted molar refractivity (Wildman–Crippen MR) is 122 cm³/mol. The number of piperidine rings is 1. The summed E-state index contributed by atoms with van der Waals surface area (Å²) < 4.78 is 11.2. The summed E-state index contributed by atoms with van der Waals surface area (Å²) in [5.74, 6) is 3.18. The van der Waals surface area contributed by atoms with Crippen LogP contribution in [0.3, 0.4) is 0 Å². The highest BCUT2D eigenvalue weighted by molar-refractivity contribution is 5.89. The third kappa shape index (κ3) is 5.30. The van der Waals surface area contributed by atoms with E-state index in [0.717, 1.165) is 35.7 Å². The summed E-state index contributed by atoms with van der Waals surface area (Å²) in [6, 6.07) is 8.23. The van der Waals surface area contributed by atoms with Crippen LogP contribution in [0.5, 0.6) is 5.75 Å². The van der Waals surface area contributed by atoms with Crippen LogP contribution < -0.4 is 10.1 Å². The minimum absolute atomic E-state index is 0.121. The molecule has 1 aliphatic heterocycles. The van der Waals surface area contributed by atoms with Gasteiger partial charge in [0.2, 0.25) is 0 Å². The highest BCUT2D eigenvalue weighted by atomic mass is 16.5. The summed E-state index contributed by atoms with van der Waals surface area (Å²) in [6.45, 7) is 8.11. The molecule has 1 aromatic carbocycles. The van der Waals surface area contributed by atoms with Crippen LogP contribution >= 0.6 is 0 Å². The van der Waals surface area contributed by atoms with E-state index in [9.17, 15) is 4.79 Å². The Kier molecular flexibility index (Phi) is 6.64. The molecule has 0 radical (unpaired) electrons. The van der Waals surface area contributed by atoms with Crippen LogP contribution in [-0.2, 0) is 0 Å². The molecule has 1 saturated carbocycles. The molecule has 2 fully saturated rings. The Hall–Kier alpha value is -2.76. The number of aryl methyl sites for hydroxylation is 1. The Morgan fingerprint density at radius 1 is 1.32 bits per heavy atom. The first kappa shape index (κ1) is 21.5. The van der Waals surface area contributed by atoms with Gasteiger partial charge in [0.1, 0.15) is 11.5 Å². The van der Waals surface area contributed by atoms with Crippen molar-refractivity contribution in [3.8, 4) is 5.75 Å². The lowest BCUT2D eigenvalue weighted by molar-refractivity contribution is 0.197. The Morgan fingerprint density at radius 3 is 2.84 bits per heavy atom. The molecule has 2 heterocycles. The maximum atomic E-state index is 12.7. The molecular formula is C25H33N3O3. The first-order chi connectivity index (χ1) is 15.0. The molecule has 2 amide bonds. The molecule has 6 nitrogen and oxygen atoms in total. The molecule has 1 aromatic heterocycles. The van der Waals surface area contributed by atoms with Crippen LogP contribution in [0.25, 0.3) is 6.08 Å². The summed E-state index contributed by atoms with van der Waals surface area (Å²) in [4.78, 5) is 14.5. The molecule has 31 heavy (non-hydrogen) atoms. The van der Waals surface area contributed by atoms with Gasteiger partial charge in [-0.1, -0.05) is 48.7 Å². The number of hydrogen-bond acceptors (Lipinski definition) is 4. The van der Waals surface area contributed by atoms with Gasteiger partial charge in [-0.25, -0.2) is 4.79 Å². The smallest absolute Gasteiger partial charge is 0.323 e. The molecule has 0 spiro atoms. The number of carbonyl (C=O) groups is 1. The summed E-state index contributed by atoms with van der Waals surface area (Å²) in [6.07, 6.45) is 8.38. The van der Waals surface area contributed by atoms with Gasteiger partial charge in [-0.3, -0.25) is 5.32 Å². The number of likely N-dealkylation sites (tertiary alicyclic amines) is 1. The van der Waals surface area contributed by atoms with E-state index in [4.69, 9.17) is 9.26 Å².